The van der Waals surface area contributed by atoms with E-state index in [9.17, 15) is 4.79 Å². The minimum atomic E-state index is 0.0356. The summed E-state index contributed by atoms with van der Waals surface area (Å²) in [6.45, 7) is 5.94. The number of rotatable bonds is 6. The average molecular weight is 268 g/mol. The zero-order valence-corrected chi connectivity index (χ0v) is 12.4. The third-order valence-corrected chi connectivity index (χ3v) is 4.26. The molecule has 2 fully saturated rings. The fourth-order valence-electron chi connectivity index (χ4n) is 3.09. The number of hydrogen-bond donors (Lipinski definition) is 1. The molecule has 0 bridgehead atoms. The maximum Gasteiger partial charge on any atom is 0.241 e. The molecule has 110 valence electrons. The van der Waals surface area contributed by atoms with Gasteiger partial charge in [-0.05, 0) is 32.1 Å². The van der Waals surface area contributed by atoms with E-state index in [1.807, 2.05) is 4.90 Å². The van der Waals surface area contributed by atoms with Crippen molar-refractivity contribution >= 4 is 5.91 Å². The first-order valence-corrected chi connectivity index (χ1v) is 7.94. The zero-order valence-electron chi connectivity index (χ0n) is 12.4. The Morgan fingerprint density at radius 1 is 1.37 bits per heavy atom. The average Bonchev–Trinajstić information content (AvgIpc) is 2.74. The standard InChI is InChI=1S/C15H28N2O2/c1-3-5-9-13-15(18)17(14(4-2)16-13)11-12-8-6-7-10-19-12/h12-14,16H,3-11H2,1-2H3. The highest BCUT2D eigenvalue weighted by atomic mass is 16.5. The lowest BCUT2D eigenvalue weighted by Crippen LogP contribution is -2.43. The van der Waals surface area contributed by atoms with Crippen molar-refractivity contribution in [1.29, 1.82) is 0 Å². The van der Waals surface area contributed by atoms with Crippen LogP contribution in [0, 0.1) is 0 Å². The Labute approximate surface area is 116 Å². The number of carbonyl (C=O) groups excluding carboxylic acids is 1. The lowest BCUT2D eigenvalue weighted by molar-refractivity contribution is -0.132. The number of hydrogen-bond acceptors (Lipinski definition) is 3. The second-order valence-electron chi connectivity index (χ2n) is 5.76. The van der Waals surface area contributed by atoms with E-state index in [1.54, 1.807) is 0 Å². The van der Waals surface area contributed by atoms with Crippen LogP contribution in [-0.2, 0) is 9.53 Å². The normalized spacial score (nSPS) is 32.0. The SMILES string of the molecule is CCCCC1NC(CC)N(CC2CCCCO2)C1=O. The predicted molar refractivity (Wildman–Crippen MR) is 75.8 cm³/mol. The fourth-order valence-corrected chi connectivity index (χ4v) is 3.09. The summed E-state index contributed by atoms with van der Waals surface area (Å²) < 4.78 is 5.78. The van der Waals surface area contributed by atoms with E-state index in [4.69, 9.17) is 4.74 Å². The molecule has 0 radical (unpaired) electrons. The van der Waals surface area contributed by atoms with Gasteiger partial charge < -0.3 is 9.64 Å². The van der Waals surface area contributed by atoms with Crippen LogP contribution in [0.4, 0.5) is 0 Å². The number of ether oxygens (including phenoxy) is 1. The van der Waals surface area contributed by atoms with Crippen LogP contribution in [0.25, 0.3) is 0 Å². The molecule has 2 saturated heterocycles. The largest absolute Gasteiger partial charge is 0.376 e. The molecule has 2 aliphatic rings. The molecule has 0 aliphatic carbocycles. The van der Waals surface area contributed by atoms with Gasteiger partial charge in [0, 0.05) is 13.2 Å². The van der Waals surface area contributed by atoms with E-state index in [2.05, 4.69) is 19.2 Å². The summed E-state index contributed by atoms with van der Waals surface area (Å²) in [5, 5.41) is 3.49. The predicted octanol–water partition coefficient (Wildman–Crippen LogP) is 2.28. The summed E-state index contributed by atoms with van der Waals surface area (Å²) in [5.74, 6) is 0.287. The number of nitrogens with zero attached hydrogens (tertiary/aromatic N) is 1. The van der Waals surface area contributed by atoms with Crippen molar-refractivity contribution in [2.75, 3.05) is 13.2 Å². The molecule has 1 N–H and O–H groups in total. The van der Waals surface area contributed by atoms with Crippen LogP contribution in [0.15, 0.2) is 0 Å². The summed E-state index contributed by atoms with van der Waals surface area (Å²) in [6, 6.07) is 0.0356. The molecule has 19 heavy (non-hydrogen) atoms. The number of nitrogens with one attached hydrogen (secondary N) is 1. The Morgan fingerprint density at radius 3 is 2.84 bits per heavy atom. The topological polar surface area (TPSA) is 41.6 Å². The van der Waals surface area contributed by atoms with Crippen molar-refractivity contribution in [2.24, 2.45) is 0 Å². The summed E-state index contributed by atoms with van der Waals surface area (Å²) in [5.41, 5.74) is 0. The minimum absolute atomic E-state index is 0.0356. The Hall–Kier alpha value is -0.610. The van der Waals surface area contributed by atoms with Gasteiger partial charge in [-0.25, -0.2) is 0 Å². The highest BCUT2D eigenvalue weighted by Gasteiger charge is 2.38. The van der Waals surface area contributed by atoms with Gasteiger partial charge in [-0.1, -0.05) is 26.7 Å². The van der Waals surface area contributed by atoms with E-state index in [0.29, 0.717) is 0 Å². The van der Waals surface area contributed by atoms with Gasteiger partial charge in [-0.3, -0.25) is 10.1 Å². The molecule has 1 amide bonds. The zero-order chi connectivity index (χ0) is 13.7. The van der Waals surface area contributed by atoms with Crippen LogP contribution in [0.2, 0.25) is 0 Å². The van der Waals surface area contributed by atoms with Gasteiger partial charge in [-0.15, -0.1) is 0 Å². The van der Waals surface area contributed by atoms with Gasteiger partial charge in [0.25, 0.3) is 0 Å². The van der Waals surface area contributed by atoms with E-state index in [1.165, 1.54) is 12.8 Å². The van der Waals surface area contributed by atoms with Crippen molar-refractivity contribution in [3.63, 3.8) is 0 Å². The molecular formula is C15H28N2O2. The summed E-state index contributed by atoms with van der Waals surface area (Å²) in [7, 11) is 0. The van der Waals surface area contributed by atoms with E-state index in [0.717, 1.165) is 45.3 Å². The van der Waals surface area contributed by atoms with Crippen LogP contribution in [0.5, 0.6) is 0 Å². The molecule has 4 nitrogen and oxygen atoms in total. The van der Waals surface area contributed by atoms with E-state index in [-0.39, 0.29) is 24.2 Å². The van der Waals surface area contributed by atoms with Crippen LogP contribution < -0.4 is 5.32 Å². The van der Waals surface area contributed by atoms with Gasteiger partial charge >= 0.3 is 0 Å². The summed E-state index contributed by atoms with van der Waals surface area (Å²) >= 11 is 0. The second kappa shape index (κ2) is 7.25. The van der Waals surface area contributed by atoms with Crippen molar-refractivity contribution in [3.8, 4) is 0 Å². The van der Waals surface area contributed by atoms with Gasteiger partial charge in [0.1, 0.15) is 0 Å². The Balaban J connectivity index is 1.91. The molecule has 0 aromatic carbocycles. The monoisotopic (exact) mass is 268 g/mol. The Kier molecular flexibility index (Phi) is 5.64. The molecule has 0 aromatic rings. The fraction of sp³-hybridized carbons (Fsp3) is 0.933. The van der Waals surface area contributed by atoms with Crippen LogP contribution >= 0.6 is 0 Å². The molecule has 2 rings (SSSR count). The number of carbonyl (C=O) groups is 1. The molecule has 2 heterocycles. The molecule has 2 aliphatic heterocycles. The molecule has 0 saturated carbocycles. The Morgan fingerprint density at radius 2 is 2.21 bits per heavy atom. The van der Waals surface area contributed by atoms with E-state index < -0.39 is 0 Å². The molecule has 4 heteroatoms. The third kappa shape index (κ3) is 3.69. The van der Waals surface area contributed by atoms with Crippen molar-refractivity contribution in [1.82, 2.24) is 10.2 Å². The highest BCUT2D eigenvalue weighted by molar-refractivity contribution is 5.84. The van der Waals surface area contributed by atoms with Crippen LogP contribution in [0.1, 0.15) is 58.8 Å². The Bertz CT molecular complexity index is 290. The lowest BCUT2D eigenvalue weighted by Gasteiger charge is -2.30. The molecule has 3 atom stereocenters. The maximum absolute atomic E-state index is 12.5. The van der Waals surface area contributed by atoms with Crippen molar-refractivity contribution in [2.45, 2.75) is 77.1 Å². The van der Waals surface area contributed by atoms with Crippen molar-refractivity contribution in [3.05, 3.63) is 0 Å². The van der Waals surface area contributed by atoms with Crippen molar-refractivity contribution < 1.29 is 9.53 Å². The lowest BCUT2D eigenvalue weighted by atomic mass is 10.1. The van der Waals surface area contributed by atoms with Gasteiger partial charge in [-0.2, -0.15) is 0 Å². The molecule has 0 aromatic heterocycles. The first kappa shape index (κ1) is 14.8. The third-order valence-electron chi connectivity index (χ3n) is 4.26. The molecule has 3 unspecified atom stereocenters. The molecular weight excluding hydrogens is 240 g/mol. The van der Waals surface area contributed by atoms with E-state index >= 15 is 0 Å². The van der Waals surface area contributed by atoms with Gasteiger partial charge in [0.15, 0.2) is 0 Å². The minimum Gasteiger partial charge on any atom is -0.376 e. The first-order valence-electron chi connectivity index (χ1n) is 7.94. The molecule has 0 spiro atoms. The van der Waals surface area contributed by atoms with Crippen LogP contribution in [-0.4, -0.2) is 42.3 Å². The summed E-state index contributed by atoms with van der Waals surface area (Å²) in [4.78, 5) is 14.5. The maximum atomic E-state index is 12.5. The summed E-state index contributed by atoms with van der Waals surface area (Å²) in [6.07, 6.45) is 8.16. The first-order chi connectivity index (χ1) is 9.26. The smallest absolute Gasteiger partial charge is 0.241 e. The quantitative estimate of drug-likeness (QED) is 0.803. The van der Waals surface area contributed by atoms with Crippen LogP contribution in [0.3, 0.4) is 0 Å². The second-order valence-corrected chi connectivity index (χ2v) is 5.76. The highest BCUT2D eigenvalue weighted by Crippen LogP contribution is 2.21. The van der Waals surface area contributed by atoms with Gasteiger partial charge in [0.05, 0.1) is 18.3 Å². The number of amides is 1. The van der Waals surface area contributed by atoms with Gasteiger partial charge in [0.2, 0.25) is 5.91 Å². The number of unbranched alkanes of at least 4 members (excludes halogenated alkanes) is 1.